The van der Waals surface area contributed by atoms with E-state index >= 15 is 0 Å². The molecule has 0 spiro atoms. The first-order valence-electron chi connectivity index (χ1n) is 9.01. The maximum absolute atomic E-state index is 12.0. The lowest BCUT2D eigenvalue weighted by atomic mass is 10.1. The lowest BCUT2D eigenvalue weighted by molar-refractivity contribution is -0.671. The summed E-state index contributed by atoms with van der Waals surface area (Å²) in [5, 5.41) is 0. The minimum atomic E-state index is -6.72. The van der Waals surface area contributed by atoms with Gasteiger partial charge in [0.25, 0.3) is 0 Å². The average Bonchev–Trinajstić information content (AvgIpc) is 3.14. The highest BCUT2D eigenvalue weighted by molar-refractivity contribution is 8.13. The maximum Gasteiger partial charge on any atom is 0.480 e. The number of carbonyl (C=O) groups is 2. The van der Waals surface area contributed by atoms with Crippen molar-refractivity contribution in [2.45, 2.75) is 23.7 Å². The van der Waals surface area contributed by atoms with Crippen molar-refractivity contribution in [1.29, 1.82) is 0 Å². The zero-order chi connectivity index (χ0) is 27.9. The van der Waals surface area contributed by atoms with E-state index in [1.165, 1.54) is 7.11 Å². The van der Waals surface area contributed by atoms with Crippen LogP contribution < -0.4 is 4.57 Å². The van der Waals surface area contributed by atoms with Crippen LogP contribution in [0, 0.1) is 0 Å². The summed E-state index contributed by atoms with van der Waals surface area (Å²) in [4.78, 5) is 23.8. The molecule has 202 valence electrons. The van der Waals surface area contributed by atoms with Crippen molar-refractivity contribution in [3.63, 3.8) is 0 Å². The first-order valence-corrected chi connectivity index (χ1v) is 11.9. The van der Waals surface area contributed by atoms with Crippen LogP contribution in [0.3, 0.4) is 0 Å². The fourth-order valence-corrected chi connectivity index (χ4v) is 3.82. The number of carbonyl (C=O) groups excluding carboxylic acids is 2. The van der Waals surface area contributed by atoms with Gasteiger partial charge in [-0.05, 0) is 0 Å². The number of hydrogen-bond donors (Lipinski definition) is 0. The maximum atomic E-state index is 12.0. The summed E-state index contributed by atoms with van der Waals surface area (Å²) in [6.45, 7) is 0.0289. The first kappa shape index (κ1) is 30.8. The summed E-state index contributed by atoms with van der Waals surface area (Å²) in [7, 11) is -10.3. The molecule has 0 radical (unpaired) electrons. The largest absolute Gasteiger partial charge is 0.480 e. The molecule has 0 fully saturated rings. The number of rotatable bonds is 7. The third-order valence-electron chi connectivity index (χ3n) is 3.68. The van der Waals surface area contributed by atoms with Gasteiger partial charge in [0.1, 0.15) is 12.4 Å². The molecular weight excluding hydrogens is 552 g/mol. The smallest absolute Gasteiger partial charge is 0.466 e. The van der Waals surface area contributed by atoms with Crippen LogP contribution in [-0.4, -0.2) is 51.5 Å². The Morgan fingerprint density at radius 3 is 1.89 bits per heavy atom. The van der Waals surface area contributed by atoms with Gasteiger partial charge in [0, 0.05) is 5.56 Å². The van der Waals surface area contributed by atoms with Crippen molar-refractivity contribution in [2.24, 2.45) is 7.05 Å². The van der Waals surface area contributed by atoms with E-state index in [9.17, 15) is 52.8 Å². The summed E-state index contributed by atoms with van der Waals surface area (Å²) in [6.07, 6.45) is 4.25. The summed E-state index contributed by atoms with van der Waals surface area (Å²) in [5.41, 5.74) is -11.8. The van der Waals surface area contributed by atoms with E-state index < -0.39 is 49.1 Å². The molecule has 0 aliphatic carbocycles. The van der Waals surface area contributed by atoms with Crippen molar-refractivity contribution in [2.75, 3.05) is 7.11 Å². The van der Waals surface area contributed by atoms with Crippen LogP contribution in [0.4, 0.5) is 26.3 Å². The van der Waals surface area contributed by atoms with Crippen molar-refractivity contribution in [3.8, 4) is 0 Å². The molecule has 0 N–H and O–H groups in total. The Morgan fingerprint density at radius 2 is 1.50 bits per heavy atom. The SMILES string of the molecule is COC(=O)[C@H](OC(=O)Cn1cc[n+](C)c1)c1ccccc1.O=S(=O)([N-]S(=O)(=O)C(F)(F)F)C(F)(F)F. The normalized spacial score (nSPS) is 13.2. The number of aromatic nitrogens is 2. The number of hydrogen-bond acceptors (Lipinski definition) is 8. The third kappa shape index (κ3) is 8.79. The van der Waals surface area contributed by atoms with E-state index in [1.807, 2.05) is 23.9 Å². The average molecular weight is 569 g/mol. The number of nitrogens with zero attached hydrogens (tertiary/aromatic N) is 3. The zero-order valence-corrected chi connectivity index (χ0v) is 19.7. The Kier molecular flexibility index (Phi) is 10.0. The molecule has 0 unspecified atom stereocenters. The standard InChI is InChI=1S/C15H17N2O4.C2F6NO4S2/c1-16-8-9-17(11-16)10-13(18)21-14(15(19)20-2)12-6-4-3-5-7-12;3-1(4,5)14(10,11)9-15(12,13)2(6,7)8/h3-9,11,14H,10H2,1-2H3;/q+1;-1/t14-;/m1./s1. The Morgan fingerprint density at radius 1 is 1.00 bits per heavy atom. The van der Waals surface area contributed by atoms with Crippen LogP contribution in [0.5, 0.6) is 0 Å². The number of aryl methyl sites for hydroxylation is 1. The number of alkyl halides is 6. The van der Waals surface area contributed by atoms with Crippen molar-refractivity contribution in [1.82, 2.24) is 4.57 Å². The second kappa shape index (κ2) is 11.7. The second-order valence-electron chi connectivity index (χ2n) is 6.47. The van der Waals surface area contributed by atoms with Crippen LogP contribution in [0.15, 0.2) is 49.1 Å². The van der Waals surface area contributed by atoms with Gasteiger partial charge in [0.2, 0.25) is 12.4 Å². The Bertz CT molecular complexity index is 1220. The minimum Gasteiger partial charge on any atom is -0.466 e. The molecule has 1 aromatic carbocycles. The molecule has 0 saturated heterocycles. The molecule has 0 aliphatic heterocycles. The van der Waals surface area contributed by atoms with E-state index in [0.29, 0.717) is 5.56 Å². The molecule has 1 heterocycles. The van der Waals surface area contributed by atoms with Crippen LogP contribution >= 0.6 is 0 Å². The number of benzene rings is 1. The number of sulfonamides is 2. The van der Waals surface area contributed by atoms with Crippen molar-refractivity contribution in [3.05, 3.63) is 58.7 Å². The van der Waals surface area contributed by atoms with Crippen LogP contribution in [0.25, 0.3) is 4.13 Å². The minimum absolute atomic E-state index is 0.0289. The predicted molar refractivity (Wildman–Crippen MR) is 106 cm³/mol. The van der Waals surface area contributed by atoms with Gasteiger partial charge >= 0.3 is 23.0 Å². The quantitative estimate of drug-likeness (QED) is 0.279. The third-order valence-corrected chi connectivity index (χ3v) is 6.42. The van der Waals surface area contributed by atoms with Gasteiger partial charge in [-0.15, -0.1) is 0 Å². The summed E-state index contributed by atoms with van der Waals surface area (Å²) in [5.74, 6) is -1.11. The monoisotopic (exact) mass is 569 g/mol. The molecule has 19 heteroatoms. The fraction of sp³-hybridized carbons (Fsp3) is 0.353. The highest BCUT2D eigenvalue weighted by Crippen LogP contribution is 2.36. The number of halogens is 6. The summed E-state index contributed by atoms with van der Waals surface area (Å²) in [6, 6.07) is 8.78. The fourth-order valence-electron chi connectivity index (χ4n) is 2.11. The second-order valence-corrected chi connectivity index (χ2v) is 9.89. The van der Waals surface area contributed by atoms with Crippen LogP contribution in [0.1, 0.15) is 11.7 Å². The lowest BCUT2D eigenvalue weighted by Crippen LogP contribution is -2.30. The molecule has 11 nitrogen and oxygen atoms in total. The van der Waals surface area contributed by atoms with Gasteiger partial charge in [-0.2, -0.15) is 26.3 Å². The molecule has 0 bridgehead atoms. The van der Waals surface area contributed by atoms with Gasteiger partial charge in [-0.1, -0.05) is 30.3 Å². The van der Waals surface area contributed by atoms with E-state index in [4.69, 9.17) is 9.47 Å². The Balaban J connectivity index is 0.000000384. The summed E-state index contributed by atoms with van der Waals surface area (Å²) < 4.78 is 123. The highest BCUT2D eigenvalue weighted by Gasteiger charge is 2.46. The van der Waals surface area contributed by atoms with Gasteiger partial charge in [0.05, 0.1) is 14.2 Å². The van der Waals surface area contributed by atoms with Gasteiger partial charge < -0.3 is 13.6 Å². The van der Waals surface area contributed by atoms with Crippen molar-refractivity contribution >= 4 is 32.0 Å². The lowest BCUT2D eigenvalue weighted by Gasteiger charge is -2.22. The number of ether oxygens (including phenoxy) is 2. The summed E-state index contributed by atoms with van der Waals surface area (Å²) >= 11 is 0. The van der Waals surface area contributed by atoms with Gasteiger partial charge in [-0.25, -0.2) is 35.6 Å². The number of methoxy groups -OCH3 is 1. The molecule has 1 atom stereocenters. The van der Waals surface area contributed by atoms with E-state index in [-0.39, 0.29) is 6.54 Å². The van der Waals surface area contributed by atoms with Gasteiger partial charge in [-0.3, -0.25) is 0 Å². The molecule has 0 aliphatic rings. The van der Waals surface area contributed by atoms with Crippen molar-refractivity contribution < 1.29 is 66.8 Å². The van der Waals surface area contributed by atoms with Gasteiger partial charge in [0.15, 0.2) is 26.6 Å². The molecule has 1 aromatic heterocycles. The predicted octanol–water partition coefficient (Wildman–Crippen LogP) is 1.83. The Labute approximate surface area is 200 Å². The van der Waals surface area contributed by atoms with E-state index in [1.54, 1.807) is 41.4 Å². The number of esters is 2. The molecule has 2 rings (SSSR count). The van der Waals surface area contributed by atoms with E-state index in [0.717, 1.165) is 4.13 Å². The molecule has 0 amide bonds. The highest BCUT2D eigenvalue weighted by atomic mass is 32.3. The molecule has 2 aromatic rings. The van der Waals surface area contributed by atoms with Crippen LogP contribution in [-0.2, 0) is 52.7 Å². The number of imidazole rings is 1. The molecular formula is C17H17F6N3O8S2. The zero-order valence-electron chi connectivity index (χ0n) is 18.1. The molecule has 36 heavy (non-hydrogen) atoms. The first-order chi connectivity index (χ1) is 16.3. The Hall–Kier alpha value is -3.19. The van der Waals surface area contributed by atoms with Crippen LogP contribution in [0.2, 0.25) is 0 Å². The topological polar surface area (TPSA) is 144 Å². The van der Waals surface area contributed by atoms with E-state index in [2.05, 4.69) is 0 Å². The molecule has 0 saturated carbocycles.